The quantitative estimate of drug-likeness (QED) is 0.909. The van der Waals surface area contributed by atoms with Crippen molar-refractivity contribution in [1.29, 1.82) is 0 Å². The number of piperidine rings is 1. The number of carboxylic acid groups (broad SMARTS) is 1. The molecule has 3 heteroatoms. The van der Waals surface area contributed by atoms with Crippen molar-refractivity contribution in [2.24, 2.45) is 0 Å². The predicted molar refractivity (Wildman–Crippen MR) is 76.4 cm³/mol. The van der Waals surface area contributed by atoms with E-state index in [1.807, 2.05) is 31.2 Å². The van der Waals surface area contributed by atoms with Crippen LogP contribution in [0.15, 0.2) is 24.3 Å². The van der Waals surface area contributed by atoms with Gasteiger partial charge in [0.05, 0.1) is 5.41 Å². The van der Waals surface area contributed by atoms with Gasteiger partial charge in [0, 0.05) is 6.04 Å². The van der Waals surface area contributed by atoms with Gasteiger partial charge < -0.3 is 10.0 Å². The Morgan fingerprint density at radius 3 is 2.42 bits per heavy atom. The van der Waals surface area contributed by atoms with Crippen LogP contribution in [0.3, 0.4) is 0 Å². The van der Waals surface area contributed by atoms with Crippen LogP contribution in [0.2, 0.25) is 0 Å². The monoisotopic (exact) mass is 261 g/mol. The highest BCUT2D eigenvalue weighted by Crippen LogP contribution is 2.36. The molecular weight excluding hydrogens is 238 g/mol. The molecule has 1 aromatic carbocycles. The van der Waals surface area contributed by atoms with Crippen LogP contribution in [0.1, 0.15) is 37.8 Å². The van der Waals surface area contributed by atoms with Crippen LogP contribution in [0.25, 0.3) is 0 Å². The molecule has 1 aliphatic heterocycles. The molecule has 104 valence electrons. The molecule has 1 aliphatic rings. The third kappa shape index (κ3) is 2.66. The third-order valence-corrected chi connectivity index (χ3v) is 4.36. The van der Waals surface area contributed by atoms with Crippen molar-refractivity contribution < 1.29 is 9.90 Å². The van der Waals surface area contributed by atoms with E-state index >= 15 is 0 Å². The van der Waals surface area contributed by atoms with E-state index in [2.05, 4.69) is 18.7 Å². The van der Waals surface area contributed by atoms with Crippen molar-refractivity contribution in [1.82, 2.24) is 4.90 Å². The summed E-state index contributed by atoms with van der Waals surface area (Å²) >= 11 is 0. The van der Waals surface area contributed by atoms with Crippen molar-refractivity contribution in [3.63, 3.8) is 0 Å². The topological polar surface area (TPSA) is 40.5 Å². The third-order valence-electron chi connectivity index (χ3n) is 4.36. The highest BCUT2D eigenvalue weighted by atomic mass is 16.4. The molecule has 3 nitrogen and oxygen atoms in total. The average Bonchev–Trinajstić information content (AvgIpc) is 2.38. The second-order valence-electron chi connectivity index (χ2n) is 5.89. The molecule has 0 amide bonds. The van der Waals surface area contributed by atoms with E-state index in [4.69, 9.17) is 0 Å². The van der Waals surface area contributed by atoms with Gasteiger partial charge >= 0.3 is 5.97 Å². The minimum absolute atomic E-state index is 0.490. The first-order valence-corrected chi connectivity index (χ1v) is 7.00. The summed E-state index contributed by atoms with van der Waals surface area (Å²) in [6, 6.07) is 8.46. The number of aliphatic carboxylic acids is 1. The van der Waals surface area contributed by atoms with E-state index in [1.54, 1.807) is 0 Å². The number of hydrogen-bond donors (Lipinski definition) is 1. The molecule has 0 radical (unpaired) electrons. The van der Waals surface area contributed by atoms with Crippen LogP contribution in [0.4, 0.5) is 0 Å². The lowest BCUT2D eigenvalue weighted by molar-refractivity contribution is -0.146. The summed E-state index contributed by atoms with van der Waals surface area (Å²) in [5.41, 5.74) is 1.39. The number of benzene rings is 1. The molecule has 0 aromatic heterocycles. The van der Waals surface area contributed by atoms with E-state index in [0.717, 1.165) is 24.2 Å². The Kier molecular flexibility index (Phi) is 3.95. The zero-order valence-corrected chi connectivity index (χ0v) is 12.0. The summed E-state index contributed by atoms with van der Waals surface area (Å²) in [6.07, 6.45) is 1.40. The lowest BCUT2D eigenvalue weighted by atomic mass is 9.72. The minimum atomic E-state index is -0.697. The Labute approximate surface area is 115 Å². The van der Waals surface area contributed by atoms with E-state index < -0.39 is 11.4 Å². The van der Waals surface area contributed by atoms with Crippen molar-refractivity contribution in [2.45, 2.75) is 45.1 Å². The molecule has 19 heavy (non-hydrogen) atoms. The summed E-state index contributed by atoms with van der Waals surface area (Å²) in [5, 5.41) is 9.74. The van der Waals surface area contributed by atoms with Crippen molar-refractivity contribution in [3.05, 3.63) is 35.4 Å². The molecule has 0 unspecified atom stereocenters. The maximum atomic E-state index is 11.8. The van der Waals surface area contributed by atoms with Gasteiger partial charge in [0.15, 0.2) is 0 Å². The minimum Gasteiger partial charge on any atom is -0.481 e. The van der Waals surface area contributed by atoms with E-state index in [1.165, 1.54) is 0 Å². The number of carbonyl (C=O) groups is 1. The molecule has 0 atom stereocenters. The molecule has 1 fully saturated rings. The molecule has 0 bridgehead atoms. The highest BCUT2D eigenvalue weighted by molar-refractivity contribution is 5.81. The van der Waals surface area contributed by atoms with Gasteiger partial charge in [-0.25, -0.2) is 0 Å². The van der Waals surface area contributed by atoms with Crippen LogP contribution in [0, 0.1) is 6.92 Å². The summed E-state index contributed by atoms with van der Waals surface area (Å²) in [4.78, 5) is 14.2. The largest absolute Gasteiger partial charge is 0.481 e. The van der Waals surface area contributed by atoms with E-state index in [-0.39, 0.29) is 0 Å². The van der Waals surface area contributed by atoms with Crippen LogP contribution >= 0.6 is 0 Å². The number of aryl methyl sites for hydroxylation is 1. The Morgan fingerprint density at radius 2 is 1.95 bits per heavy atom. The highest BCUT2D eigenvalue weighted by Gasteiger charge is 2.43. The summed E-state index contributed by atoms with van der Waals surface area (Å²) in [6.45, 7) is 8.07. The predicted octanol–water partition coefficient (Wildman–Crippen LogP) is 2.82. The van der Waals surface area contributed by atoms with Crippen molar-refractivity contribution >= 4 is 5.97 Å². The van der Waals surface area contributed by atoms with Crippen LogP contribution in [-0.4, -0.2) is 35.1 Å². The maximum Gasteiger partial charge on any atom is 0.314 e. The van der Waals surface area contributed by atoms with Crippen LogP contribution in [0.5, 0.6) is 0 Å². The standard InChI is InChI=1S/C16H23NO2/c1-12(2)17-9-7-16(8-10-17,15(18)19)14-6-4-5-13(3)11-14/h4-6,11-12H,7-10H2,1-3H3,(H,18,19). The number of hydrogen-bond acceptors (Lipinski definition) is 2. The zero-order chi connectivity index (χ0) is 14.0. The second kappa shape index (κ2) is 5.33. The van der Waals surface area contributed by atoms with Gasteiger partial charge in [-0.15, -0.1) is 0 Å². The fraction of sp³-hybridized carbons (Fsp3) is 0.562. The second-order valence-corrected chi connectivity index (χ2v) is 5.89. The summed E-state index contributed by atoms with van der Waals surface area (Å²) < 4.78 is 0. The van der Waals surface area contributed by atoms with Gasteiger partial charge in [-0.1, -0.05) is 29.8 Å². The fourth-order valence-corrected chi connectivity index (χ4v) is 2.99. The molecule has 0 aliphatic carbocycles. The SMILES string of the molecule is Cc1cccc(C2(C(=O)O)CCN(C(C)C)CC2)c1. The van der Waals surface area contributed by atoms with E-state index in [0.29, 0.717) is 18.9 Å². The van der Waals surface area contributed by atoms with Gasteiger partial charge in [-0.2, -0.15) is 0 Å². The smallest absolute Gasteiger partial charge is 0.314 e. The van der Waals surface area contributed by atoms with Crippen LogP contribution < -0.4 is 0 Å². The number of rotatable bonds is 3. The van der Waals surface area contributed by atoms with Crippen LogP contribution in [-0.2, 0) is 10.2 Å². The molecule has 0 spiro atoms. The first-order chi connectivity index (χ1) is 8.95. The molecule has 1 N–H and O–H groups in total. The molecule has 1 saturated heterocycles. The molecule has 0 saturated carbocycles. The molecule has 2 rings (SSSR count). The normalized spacial score (nSPS) is 19.6. The van der Waals surface area contributed by atoms with E-state index in [9.17, 15) is 9.90 Å². The van der Waals surface area contributed by atoms with Crippen molar-refractivity contribution in [2.75, 3.05) is 13.1 Å². The Morgan fingerprint density at radius 1 is 1.32 bits per heavy atom. The lowest BCUT2D eigenvalue weighted by Crippen LogP contribution is -2.49. The summed E-state index contributed by atoms with van der Waals surface area (Å²) in [7, 11) is 0. The molecule has 1 aromatic rings. The number of carboxylic acids is 1. The Bertz CT molecular complexity index is 460. The Hall–Kier alpha value is -1.35. The van der Waals surface area contributed by atoms with Gasteiger partial charge in [0.1, 0.15) is 0 Å². The molecular formula is C16H23NO2. The Balaban J connectivity index is 2.29. The number of likely N-dealkylation sites (tertiary alicyclic amines) is 1. The maximum absolute atomic E-state index is 11.8. The van der Waals surface area contributed by atoms with Gasteiger partial charge in [0.2, 0.25) is 0 Å². The van der Waals surface area contributed by atoms with Crippen molar-refractivity contribution in [3.8, 4) is 0 Å². The lowest BCUT2D eigenvalue weighted by Gasteiger charge is -2.41. The zero-order valence-electron chi connectivity index (χ0n) is 12.0. The van der Waals surface area contributed by atoms with Gasteiger partial charge in [-0.3, -0.25) is 4.79 Å². The molecule has 1 heterocycles. The first kappa shape index (κ1) is 14.1. The summed E-state index contributed by atoms with van der Waals surface area (Å²) in [5.74, 6) is -0.679. The number of nitrogens with zero attached hydrogens (tertiary/aromatic N) is 1. The van der Waals surface area contributed by atoms with Gasteiger partial charge in [-0.05, 0) is 52.3 Å². The average molecular weight is 261 g/mol. The fourth-order valence-electron chi connectivity index (χ4n) is 2.99. The van der Waals surface area contributed by atoms with Gasteiger partial charge in [0.25, 0.3) is 0 Å². The first-order valence-electron chi connectivity index (χ1n) is 7.00.